The van der Waals surface area contributed by atoms with E-state index in [1.54, 1.807) is 6.20 Å². The number of pyridine rings is 1. The third-order valence-corrected chi connectivity index (χ3v) is 6.48. The Morgan fingerprint density at radius 2 is 1.58 bits per heavy atom. The van der Waals surface area contributed by atoms with Crippen LogP contribution in [0.1, 0.15) is 11.4 Å². The highest BCUT2D eigenvalue weighted by atomic mass is 15.1. The second kappa shape index (κ2) is 9.29. The highest BCUT2D eigenvalue weighted by Gasteiger charge is 2.18. The molecule has 0 radical (unpaired) electrons. The minimum atomic E-state index is 0.528. The van der Waals surface area contributed by atoms with Crippen molar-refractivity contribution in [3.63, 3.8) is 0 Å². The van der Waals surface area contributed by atoms with Crippen molar-refractivity contribution >= 4 is 28.3 Å². The van der Waals surface area contributed by atoms with Gasteiger partial charge in [-0.2, -0.15) is 0 Å². The molecule has 38 heavy (non-hydrogen) atoms. The highest BCUT2D eigenvalue weighted by Crippen LogP contribution is 2.33. The number of aromatic nitrogens is 6. The molecule has 0 amide bonds. The number of fused-ring (bicyclic) bond motifs is 2. The van der Waals surface area contributed by atoms with Gasteiger partial charge >= 0.3 is 0 Å². The Bertz CT molecular complexity index is 1870. The van der Waals surface area contributed by atoms with Gasteiger partial charge < -0.3 is 10.3 Å². The van der Waals surface area contributed by atoms with Gasteiger partial charge in [0.25, 0.3) is 0 Å². The van der Waals surface area contributed by atoms with Crippen molar-refractivity contribution in [1.29, 1.82) is 0 Å². The van der Waals surface area contributed by atoms with Gasteiger partial charge in [-0.1, -0.05) is 60.7 Å². The normalized spacial score (nSPS) is 11.3. The van der Waals surface area contributed by atoms with Crippen molar-refractivity contribution in [2.45, 2.75) is 6.42 Å². The summed E-state index contributed by atoms with van der Waals surface area (Å²) >= 11 is 0. The molecule has 7 rings (SSSR count). The van der Waals surface area contributed by atoms with Crippen molar-refractivity contribution in [2.75, 3.05) is 5.32 Å². The fourth-order valence-corrected chi connectivity index (χ4v) is 4.73. The van der Waals surface area contributed by atoms with Gasteiger partial charge in [0.05, 0.1) is 28.1 Å². The predicted octanol–water partition coefficient (Wildman–Crippen LogP) is 6.67. The summed E-state index contributed by atoms with van der Waals surface area (Å²) in [4.78, 5) is 22.6. The molecular weight excluding hydrogens is 470 g/mol. The van der Waals surface area contributed by atoms with E-state index >= 15 is 0 Å². The molecule has 2 N–H and O–H groups in total. The van der Waals surface area contributed by atoms with Gasteiger partial charge in [0.15, 0.2) is 0 Å². The lowest BCUT2D eigenvalue weighted by Crippen LogP contribution is -1.99. The maximum absolute atomic E-state index is 5.00. The lowest BCUT2D eigenvalue weighted by molar-refractivity contribution is 1.04. The van der Waals surface area contributed by atoms with Crippen LogP contribution >= 0.6 is 0 Å². The first-order chi connectivity index (χ1) is 18.8. The minimum Gasteiger partial charge on any atom is -0.342 e. The Morgan fingerprint density at radius 3 is 2.45 bits per heavy atom. The molecule has 7 nitrogen and oxygen atoms in total. The van der Waals surface area contributed by atoms with E-state index in [1.165, 1.54) is 5.56 Å². The van der Waals surface area contributed by atoms with Crippen molar-refractivity contribution in [1.82, 2.24) is 29.3 Å². The summed E-state index contributed by atoms with van der Waals surface area (Å²) in [7, 11) is 0. The molecule has 0 saturated heterocycles. The van der Waals surface area contributed by atoms with Gasteiger partial charge in [0.1, 0.15) is 11.5 Å². The van der Waals surface area contributed by atoms with E-state index in [4.69, 9.17) is 15.0 Å². The number of imidazole rings is 2. The number of para-hydroxylation sites is 1. The lowest BCUT2D eigenvalue weighted by Gasteiger charge is -2.08. The van der Waals surface area contributed by atoms with Crippen LogP contribution in [0.4, 0.5) is 11.6 Å². The molecule has 0 bridgehead atoms. The summed E-state index contributed by atoms with van der Waals surface area (Å²) in [5, 5.41) is 3.30. The van der Waals surface area contributed by atoms with Crippen LogP contribution < -0.4 is 5.32 Å². The molecule has 0 aliphatic heterocycles. The Labute approximate surface area is 218 Å². The monoisotopic (exact) mass is 493 g/mol. The maximum atomic E-state index is 5.00. The zero-order valence-electron chi connectivity index (χ0n) is 20.4. The Balaban J connectivity index is 1.31. The third kappa shape index (κ3) is 4.16. The molecule has 0 fully saturated rings. The second-order valence-electron chi connectivity index (χ2n) is 9.07. The smallest absolute Gasteiger partial charge is 0.227 e. The molecule has 0 saturated carbocycles. The number of nitrogens with one attached hydrogen (secondary N) is 2. The molecule has 4 heterocycles. The van der Waals surface area contributed by atoms with Crippen molar-refractivity contribution in [2.24, 2.45) is 0 Å². The molecule has 0 spiro atoms. The Morgan fingerprint density at radius 1 is 0.763 bits per heavy atom. The number of anilines is 2. The topological polar surface area (TPSA) is 83.8 Å². The summed E-state index contributed by atoms with van der Waals surface area (Å²) in [6.45, 7) is 0. The van der Waals surface area contributed by atoms with Crippen LogP contribution in [-0.2, 0) is 6.42 Å². The Hall–Kier alpha value is -5.30. The summed E-state index contributed by atoms with van der Waals surface area (Å²) in [6.07, 6.45) is 4.54. The molecule has 7 heteroatoms. The molecule has 182 valence electrons. The summed E-state index contributed by atoms with van der Waals surface area (Å²) < 4.78 is 2.07. The number of aromatic amines is 1. The highest BCUT2D eigenvalue weighted by molar-refractivity contribution is 5.87. The van der Waals surface area contributed by atoms with E-state index in [9.17, 15) is 0 Å². The average Bonchev–Trinajstić information content (AvgIpc) is 3.55. The van der Waals surface area contributed by atoms with Crippen LogP contribution in [0.3, 0.4) is 0 Å². The number of hydrogen-bond donors (Lipinski definition) is 2. The third-order valence-electron chi connectivity index (χ3n) is 6.48. The first kappa shape index (κ1) is 21.9. The molecule has 3 aromatic carbocycles. The van der Waals surface area contributed by atoms with E-state index in [1.807, 2.05) is 72.9 Å². The lowest BCUT2D eigenvalue weighted by atomic mass is 10.1. The second-order valence-corrected chi connectivity index (χ2v) is 9.07. The number of H-pyrrole nitrogens is 1. The zero-order chi connectivity index (χ0) is 25.3. The zero-order valence-corrected chi connectivity index (χ0v) is 20.4. The number of nitrogens with zero attached hydrogens (tertiary/aromatic N) is 5. The summed E-state index contributed by atoms with van der Waals surface area (Å²) in [6, 6.07) is 34.4. The molecule has 4 aromatic heterocycles. The summed E-state index contributed by atoms with van der Waals surface area (Å²) in [5.41, 5.74) is 8.43. The maximum Gasteiger partial charge on any atom is 0.227 e. The van der Waals surface area contributed by atoms with Crippen LogP contribution in [0.2, 0.25) is 0 Å². The van der Waals surface area contributed by atoms with Gasteiger partial charge in [0, 0.05) is 30.1 Å². The molecule has 0 unspecified atom stereocenters. The van der Waals surface area contributed by atoms with Crippen LogP contribution in [-0.4, -0.2) is 29.3 Å². The van der Waals surface area contributed by atoms with Crippen LogP contribution in [0.15, 0.2) is 116 Å². The predicted molar refractivity (Wildman–Crippen MR) is 150 cm³/mol. The van der Waals surface area contributed by atoms with Crippen LogP contribution in [0, 0.1) is 0 Å². The standard InChI is InChI=1S/C31H23N7/c1-3-9-21(10-4-1)19-27-34-24-15-14-22(20-26(24)35-27)29-30(38-18-8-7-13-28(38)37-29)25-16-17-32-31(36-25)33-23-11-5-2-6-12-23/h1-18,20H,19H2,(H,34,35)(H,32,33,36). The van der Waals surface area contributed by atoms with Crippen molar-refractivity contribution in [3.05, 3.63) is 127 Å². The first-order valence-electron chi connectivity index (χ1n) is 12.5. The van der Waals surface area contributed by atoms with E-state index in [0.29, 0.717) is 5.95 Å². The van der Waals surface area contributed by atoms with Gasteiger partial charge in [0.2, 0.25) is 5.95 Å². The number of rotatable bonds is 6. The SMILES string of the molecule is c1ccc(Cc2nc3ccc(-c4nc5ccccn5c4-c4ccnc(Nc5ccccc5)n4)cc3[nH]2)cc1. The van der Waals surface area contributed by atoms with Crippen molar-refractivity contribution in [3.8, 4) is 22.6 Å². The van der Waals surface area contributed by atoms with E-state index < -0.39 is 0 Å². The molecular formula is C31H23N7. The van der Waals surface area contributed by atoms with Crippen LogP contribution in [0.25, 0.3) is 39.3 Å². The van der Waals surface area contributed by atoms with Gasteiger partial charge in [-0.3, -0.25) is 4.40 Å². The van der Waals surface area contributed by atoms with Gasteiger partial charge in [-0.15, -0.1) is 0 Å². The number of benzene rings is 3. The summed E-state index contributed by atoms with van der Waals surface area (Å²) in [5.74, 6) is 1.46. The van der Waals surface area contributed by atoms with Gasteiger partial charge in [-0.25, -0.2) is 19.9 Å². The Kier molecular flexibility index (Phi) is 5.37. The molecule has 0 aliphatic carbocycles. The average molecular weight is 494 g/mol. The van der Waals surface area contributed by atoms with E-state index in [2.05, 4.69) is 56.1 Å². The molecule has 0 atom stereocenters. The quantitative estimate of drug-likeness (QED) is 0.270. The van der Waals surface area contributed by atoms with Gasteiger partial charge in [-0.05, 0) is 48.0 Å². The largest absolute Gasteiger partial charge is 0.342 e. The fraction of sp³-hybridized carbons (Fsp3) is 0.0323. The first-order valence-corrected chi connectivity index (χ1v) is 12.5. The number of hydrogen-bond acceptors (Lipinski definition) is 5. The molecule has 7 aromatic rings. The fourth-order valence-electron chi connectivity index (χ4n) is 4.73. The minimum absolute atomic E-state index is 0.528. The molecule has 0 aliphatic rings. The van der Waals surface area contributed by atoms with Crippen LogP contribution in [0.5, 0.6) is 0 Å². The van der Waals surface area contributed by atoms with Crippen molar-refractivity contribution < 1.29 is 0 Å². The van der Waals surface area contributed by atoms with E-state index in [0.717, 1.165) is 57.3 Å². The van der Waals surface area contributed by atoms with E-state index in [-0.39, 0.29) is 0 Å².